The van der Waals surface area contributed by atoms with E-state index in [1.165, 1.54) is 12.5 Å². The number of amides is 1. The molecule has 262 valence electrons. The van der Waals surface area contributed by atoms with Gasteiger partial charge in [-0.25, -0.2) is 25.9 Å². The van der Waals surface area contributed by atoms with E-state index in [4.69, 9.17) is 46.9 Å². The molecule has 0 saturated carbocycles. The molecule has 6 atom stereocenters. The lowest BCUT2D eigenvalue weighted by Crippen LogP contribution is -2.31. The van der Waals surface area contributed by atoms with E-state index in [1.807, 2.05) is 0 Å². The maximum Gasteiger partial charge on any atom is 0.695 e. The van der Waals surface area contributed by atoms with Crippen molar-refractivity contribution in [3.05, 3.63) is 29.8 Å². The van der Waals surface area contributed by atoms with E-state index < -0.39 is 64.6 Å². The van der Waals surface area contributed by atoms with Gasteiger partial charge in [0, 0.05) is 17.0 Å². The minimum absolute atomic E-state index is 0.0213. The standard InChI is InChI=1S/C24H29FN12O9P2S/c1-12(2)22(39)33-24-31-19(26)17-21(32-24)37(35-34-17)23-18(46-47(40)41)16(25)14(45-23)10-44-48(49,42-6-4-27-3)43-7-5-36-15(9-38)30-13-8-28-11-29-20(13)36/h8,11-12,14,16,18,23,38H,4-7,9-10H2,1-2H3,(H3-,26,31,32,33,35,39,40,41)/p+1/t14-,16-,18-,23-,48?/m1/s1. The SMILES string of the molecule is [C-]#[N+]CCOP(=S)(OCCn1c(CO)nc2cncnc21)OC[C@H]1O[C@@H](n2nnc3c(N)nc(NC(=O)C(C)C)nc32)[C@H](O[P+](=O)O)[C@@H]1F. The Morgan fingerprint density at radius 3 is 2.78 bits per heavy atom. The molecule has 0 spiro atoms. The summed E-state index contributed by atoms with van der Waals surface area (Å²) in [4.78, 5) is 45.6. The van der Waals surface area contributed by atoms with Gasteiger partial charge in [0.1, 0.15) is 37.0 Å². The summed E-state index contributed by atoms with van der Waals surface area (Å²) < 4.78 is 58.3. The Morgan fingerprint density at radius 1 is 1.29 bits per heavy atom. The van der Waals surface area contributed by atoms with Crippen LogP contribution < -0.4 is 11.1 Å². The Balaban J connectivity index is 1.34. The number of nitrogens with zero attached hydrogens (tertiary/aromatic N) is 10. The largest absolute Gasteiger partial charge is 0.695 e. The summed E-state index contributed by atoms with van der Waals surface area (Å²) in [6, 6.07) is 0. The van der Waals surface area contributed by atoms with Gasteiger partial charge < -0.3 is 38.6 Å². The molecule has 5 N–H and O–H groups in total. The van der Waals surface area contributed by atoms with Gasteiger partial charge in [0.15, 0.2) is 41.1 Å². The number of anilines is 2. The highest BCUT2D eigenvalue weighted by Gasteiger charge is 2.53. The van der Waals surface area contributed by atoms with Gasteiger partial charge in [0.05, 0.1) is 19.4 Å². The smallest absolute Gasteiger partial charge is 0.388 e. The molecule has 5 heterocycles. The molecule has 21 nitrogen and oxygen atoms in total. The monoisotopic (exact) mass is 743 g/mol. The van der Waals surface area contributed by atoms with Crippen molar-refractivity contribution in [3.63, 3.8) is 0 Å². The maximum atomic E-state index is 15.9. The van der Waals surface area contributed by atoms with Crippen LogP contribution in [0.4, 0.5) is 16.2 Å². The molecule has 0 aliphatic carbocycles. The minimum atomic E-state index is -3.68. The molecule has 4 aromatic heterocycles. The maximum absolute atomic E-state index is 15.9. The van der Waals surface area contributed by atoms with E-state index in [1.54, 1.807) is 18.4 Å². The molecule has 1 saturated heterocycles. The van der Waals surface area contributed by atoms with Crippen LogP contribution in [-0.2, 0) is 57.1 Å². The van der Waals surface area contributed by atoms with Crippen molar-refractivity contribution in [1.82, 2.24) is 44.5 Å². The molecular weight excluding hydrogens is 713 g/mol. The Morgan fingerprint density at radius 2 is 2.06 bits per heavy atom. The summed E-state index contributed by atoms with van der Waals surface area (Å²) in [6.07, 6.45) is -4.02. The Labute approximate surface area is 282 Å². The number of fused-ring (bicyclic) bond motifs is 2. The number of carbonyl (C=O) groups excluding carboxylic acids is 1. The lowest BCUT2D eigenvalue weighted by Gasteiger charge is -2.23. The number of rotatable bonds is 16. The van der Waals surface area contributed by atoms with Crippen molar-refractivity contribution in [2.24, 2.45) is 5.92 Å². The van der Waals surface area contributed by atoms with Gasteiger partial charge in [-0.1, -0.05) is 19.1 Å². The number of aromatic nitrogens is 9. The molecule has 1 fully saturated rings. The predicted octanol–water partition coefficient (Wildman–Crippen LogP) is 1.19. The fourth-order valence-corrected chi connectivity index (χ4v) is 6.80. The summed E-state index contributed by atoms with van der Waals surface area (Å²) in [5.41, 5.74) is 6.77. The third-order valence-corrected chi connectivity index (χ3v) is 9.71. The topological polar surface area (TPSA) is 263 Å². The second kappa shape index (κ2) is 15.8. The van der Waals surface area contributed by atoms with Gasteiger partial charge >= 0.3 is 15.0 Å². The van der Waals surface area contributed by atoms with Crippen LogP contribution in [0.5, 0.6) is 0 Å². The molecule has 1 aliphatic heterocycles. The summed E-state index contributed by atoms with van der Waals surface area (Å²) in [5, 5.41) is 20.1. The number of nitrogens with one attached hydrogen (secondary N) is 1. The molecule has 5 rings (SSSR count). The lowest BCUT2D eigenvalue weighted by molar-refractivity contribution is -0.118. The van der Waals surface area contributed by atoms with Gasteiger partial charge in [-0.2, -0.15) is 14.6 Å². The average molecular weight is 744 g/mol. The van der Waals surface area contributed by atoms with E-state index in [0.29, 0.717) is 17.0 Å². The quantitative estimate of drug-likeness (QED) is 0.0713. The molecule has 0 radical (unpaired) electrons. The molecule has 1 aliphatic rings. The minimum Gasteiger partial charge on any atom is -0.388 e. The fourth-order valence-electron chi connectivity index (χ4n) is 4.57. The number of hydrogen-bond donors (Lipinski definition) is 4. The van der Waals surface area contributed by atoms with Crippen molar-refractivity contribution in [2.75, 3.05) is 37.4 Å². The highest BCUT2D eigenvalue weighted by molar-refractivity contribution is 8.07. The van der Waals surface area contributed by atoms with Gasteiger partial charge in [-0.3, -0.25) is 10.1 Å². The summed E-state index contributed by atoms with van der Waals surface area (Å²) in [7, 11) is -3.33. The molecule has 1 amide bonds. The predicted molar refractivity (Wildman–Crippen MR) is 169 cm³/mol. The second-order valence-corrected chi connectivity index (χ2v) is 14.2. The highest BCUT2D eigenvalue weighted by atomic mass is 32.5. The van der Waals surface area contributed by atoms with Gasteiger partial charge in [0.2, 0.25) is 18.4 Å². The van der Waals surface area contributed by atoms with E-state index in [-0.39, 0.29) is 49.2 Å². The summed E-state index contributed by atoms with van der Waals surface area (Å²) in [5.74, 6) is -0.882. The zero-order valence-electron chi connectivity index (χ0n) is 25.8. The number of ether oxygens (including phenoxy) is 1. The highest BCUT2D eigenvalue weighted by Crippen LogP contribution is 2.51. The van der Waals surface area contributed by atoms with E-state index in [9.17, 15) is 19.4 Å². The molecule has 2 unspecified atom stereocenters. The first-order chi connectivity index (χ1) is 23.4. The van der Waals surface area contributed by atoms with Crippen LogP contribution in [0.25, 0.3) is 27.2 Å². The molecule has 4 aromatic rings. The van der Waals surface area contributed by atoms with Crippen molar-refractivity contribution >= 4 is 66.8 Å². The third-order valence-electron chi connectivity index (χ3n) is 6.87. The molecular formula is C24H30FN12O9P2S+. The van der Waals surface area contributed by atoms with E-state index in [0.717, 1.165) is 4.68 Å². The van der Waals surface area contributed by atoms with Crippen LogP contribution in [0, 0.1) is 12.5 Å². The fraction of sp³-hybridized carbons (Fsp3) is 0.542. The Hall–Kier alpha value is -3.81. The zero-order chi connectivity index (χ0) is 35.3. The number of nitrogen functional groups attached to an aromatic ring is 1. The number of imidazole rings is 1. The van der Waals surface area contributed by atoms with Crippen LogP contribution in [-0.4, -0.2) is 105 Å². The first-order valence-corrected chi connectivity index (χ1v) is 18.1. The van der Waals surface area contributed by atoms with Gasteiger partial charge in [-0.15, -0.1) is 14.5 Å². The first-order valence-electron chi connectivity index (χ1n) is 14.4. The van der Waals surface area contributed by atoms with E-state index in [2.05, 4.69) is 45.4 Å². The Bertz CT molecular complexity index is 1930. The van der Waals surface area contributed by atoms with Crippen molar-refractivity contribution < 1.29 is 46.6 Å². The number of alkyl halides is 1. The van der Waals surface area contributed by atoms with Gasteiger partial charge in [-0.05, 0) is 11.8 Å². The number of halogens is 1. The summed E-state index contributed by atoms with van der Waals surface area (Å²) >= 11 is 5.55. The van der Waals surface area contributed by atoms with Gasteiger partial charge in [0.25, 0.3) is 0 Å². The number of aliphatic hydroxyl groups excluding tert-OH is 1. The van der Waals surface area contributed by atoms with Crippen LogP contribution in [0.2, 0.25) is 0 Å². The number of nitrogens with two attached hydrogens (primary N) is 1. The van der Waals surface area contributed by atoms with Crippen LogP contribution in [0.3, 0.4) is 0 Å². The van der Waals surface area contributed by atoms with Crippen LogP contribution in [0.15, 0.2) is 12.5 Å². The normalized spacial score (nSPS) is 20.9. The molecule has 25 heteroatoms. The van der Waals surface area contributed by atoms with E-state index >= 15 is 4.39 Å². The summed E-state index contributed by atoms with van der Waals surface area (Å²) in [6.45, 7) is 5.46. The lowest BCUT2D eigenvalue weighted by atomic mass is 10.1. The first kappa shape index (κ1) is 36.5. The number of hydrogen-bond acceptors (Lipinski definition) is 17. The second-order valence-electron chi connectivity index (χ2n) is 10.5. The van der Waals surface area contributed by atoms with Crippen molar-refractivity contribution in [2.45, 2.75) is 51.6 Å². The number of carbonyl (C=O) groups is 1. The molecule has 0 aromatic carbocycles. The average Bonchev–Trinajstić information content (AvgIpc) is 3.74. The van der Waals surface area contributed by atoms with Crippen LogP contribution >= 0.6 is 15.0 Å². The van der Waals surface area contributed by atoms with Crippen molar-refractivity contribution in [1.29, 1.82) is 0 Å². The third kappa shape index (κ3) is 8.33. The Kier molecular flexibility index (Phi) is 11.8. The van der Waals surface area contributed by atoms with Crippen molar-refractivity contribution in [3.8, 4) is 0 Å². The molecule has 0 bridgehead atoms. The van der Waals surface area contributed by atoms with Crippen LogP contribution in [0.1, 0.15) is 25.9 Å². The number of aliphatic hydroxyl groups is 1. The molecule has 49 heavy (non-hydrogen) atoms. The zero-order valence-corrected chi connectivity index (χ0v) is 28.4.